The zero-order valence-corrected chi connectivity index (χ0v) is 13.1. The molecule has 0 N–H and O–H groups in total. The predicted octanol–water partition coefficient (Wildman–Crippen LogP) is 2.40. The van der Waals surface area contributed by atoms with Gasteiger partial charge in [0.25, 0.3) is 0 Å². The van der Waals surface area contributed by atoms with Crippen molar-refractivity contribution in [2.75, 3.05) is 6.61 Å². The van der Waals surface area contributed by atoms with Gasteiger partial charge in [-0.3, -0.25) is 0 Å². The molecule has 0 aliphatic carbocycles. The van der Waals surface area contributed by atoms with Crippen molar-refractivity contribution in [3.63, 3.8) is 0 Å². The van der Waals surface area contributed by atoms with E-state index < -0.39 is 0 Å². The van der Waals surface area contributed by atoms with Gasteiger partial charge in [-0.25, -0.2) is 0 Å². The summed E-state index contributed by atoms with van der Waals surface area (Å²) in [5, 5.41) is 3.00. The van der Waals surface area contributed by atoms with E-state index >= 15 is 0 Å². The largest absolute Gasteiger partial charge is 0.494 e. The monoisotopic (exact) mass is 250 g/mol. The Hall–Kier alpha value is -0.546. The van der Waals surface area contributed by atoms with E-state index in [-0.39, 0.29) is 17.6 Å². The maximum Gasteiger partial charge on any atom is 0.119 e. The first-order valence-electron chi connectivity index (χ1n) is 5.93. The highest BCUT2D eigenvalue weighted by molar-refractivity contribution is 6.74. The maximum absolute atomic E-state index is 5.77. The van der Waals surface area contributed by atoms with Gasteiger partial charge < -0.3 is 4.74 Å². The second-order valence-electron chi connectivity index (χ2n) is 4.59. The molecule has 0 amide bonds. The van der Waals surface area contributed by atoms with Crippen LogP contribution in [0.2, 0.25) is 26.2 Å². The molecule has 0 aromatic heterocycles. The van der Waals surface area contributed by atoms with Gasteiger partial charge in [0.2, 0.25) is 0 Å². The van der Waals surface area contributed by atoms with E-state index in [9.17, 15) is 0 Å². The van der Waals surface area contributed by atoms with Crippen LogP contribution >= 0.6 is 0 Å². The number of rotatable bonds is 5. The minimum Gasteiger partial charge on any atom is -0.494 e. The number of hydrogen-bond donors (Lipinski definition) is 0. The van der Waals surface area contributed by atoms with Gasteiger partial charge in [-0.05, 0) is 18.6 Å². The number of hydrogen-bond acceptors (Lipinski definition) is 1. The summed E-state index contributed by atoms with van der Waals surface area (Å²) in [4.78, 5) is 0. The average molecular weight is 250 g/mol. The van der Waals surface area contributed by atoms with Crippen molar-refractivity contribution >= 4 is 28.0 Å². The Kier molecular flexibility index (Phi) is 5.28. The molecule has 3 heteroatoms. The lowest BCUT2D eigenvalue weighted by Crippen LogP contribution is -2.32. The van der Waals surface area contributed by atoms with Crippen LogP contribution < -0.4 is 15.1 Å². The Balaban J connectivity index is 2.99. The van der Waals surface area contributed by atoms with Crippen molar-refractivity contribution in [1.82, 2.24) is 0 Å². The summed E-state index contributed by atoms with van der Waals surface area (Å²) in [6.07, 6.45) is 1.08. The molecular weight excluding hydrogens is 228 g/mol. The van der Waals surface area contributed by atoms with Crippen LogP contribution in [0.25, 0.3) is 0 Å². The van der Waals surface area contributed by atoms with E-state index in [0.29, 0.717) is 0 Å². The standard InChI is InChI=1S/C13H22OSi2/c1-6-7-14-11-8-12(15(2)3)10-13(9-11)16(4)5/h8-10H,6-7H2,1-5H3. The lowest BCUT2D eigenvalue weighted by atomic mass is 10.3. The third-order valence-corrected chi connectivity index (χ3v) is 5.42. The Morgan fingerprint density at radius 1 is 0.938 bits per heavy atom. The first-order valence-corrected chi connectivity index (χ1v) is 10.9. The average Bonchev–Trinajstić information content (AvgIpc) is 2.25. The molecule has 1 nitrogen and oxygen atoms in total. The first kappa shape index (κ1) is 13.5. The summed E-state index contributed by atoms with van der Waals surface area (Å²) in [7, 11) is -0.755. The highest BCUT2D eigenvalue weighted by Gasteiger charge is 2.09. The van der Waals surface area contributed by atoms with Crippen LogP contribution in [-0.4, -0.2) is 24.2 Å². The highest BCUT2D eigenvalue weighted by Crippen LogP contribution is 2.08. The smallest absolute Gasteiger partial charge is 0.119 e. The van der Waals surface area contributed by atoms with Gasteiger partial charge in [0.1, 0.15) is 5.75 Å². The Morgan fingerprint density at radius 2 is 1.44 bits per heavy atom. The lowest BCUT2D eigenvalue weighted by Gasteiger charge is -2.13. The van der Waals surface area contributed by atoms with Gasteiger partial charge >= 0.3 is 0 Å². The van der Waals surface area contributed by atoms with E-state index in [1.807, 2.05) is 0 Å². The maximum atomic E-state index is 5.77. The van der Waals surface area contributed by atoms with Crippen LogP contribution in [0.3, 0.4) is 0 Å². The molecule has 0 aliphatic heterocycles. The molecule has 0 atom stereocenters. The van der Waals surface area contributed by atoms with Crippen molar-refractivity contribution < 1.29 is 4.74 Å². The zero-order chi connectivity index (χ0) is 12.1. The van der Waals surface area contributed by atoms with Crippen LogP contribution in [0.5, 0.6) is 5.75 Å². The fourth-order valence-corrected chi connectivity index (χ4v) is 3.37. The molecule has 0 bridgehead atoms. The number of ether oxygens (including phenoxy) is 1. The predicted molar refractivity (Wildman–Crippen MR) is 76.5 cm³/mol. The SMILES string of the molecule is CCCOc1cc([Si](C)C)cc([Si](C)C)c1. The Bertz CT molecular complexity index is 308. The van der Waals surface area contributed by atoms with Crippen LogP contribution in [-0.2, 0) is 0 Å². The third kappa shape index (κ3) is 3.79. The third-order valence-electron chi connectivity index (χ3n) is 2.53. The van der Waals surface area contributed by atoms with Crippen molar-refractivity contribution in [1.29, 1.82) is 0 Å². The second-order valence-corrected chi connectivity index (χ2v) is 9.75. The molecule has 0 unspecified atom stereocenters. The van der Waals surface area contributed by atoms with Gasteiger partial charge in [-0.1, -0.05) is 49.6 Å². The molecule has 1 aromatic rings. The van der Waals surface area contributed by atoms with E-state index in [4.69, 9.17) is 4.74 Å². The minimum atomic E-state index is -0.378. The summed E-state index contributed by atoms with van der Waals surface area (Å²) in [6.45, 7) is 12.3. The molecule has 88 valence electrons. The molecule has 1 aromatic carbocycles. The Morgan fingerprint density at radius 3 is 1.81 bits per heavy atom. The molecule has 0 saturated heterocycles. The topological polar surface area (TPSA) is 9.23 Å². The van der Waals surface area contributed by atoms with Crippen LogP contribution in [0.15, 0.2) is 18.2 Å². The molecular formula is C13H22OSi2. The minimum absolute atomic E-state index is 0.378. The van der Waals surface area contributed by atoms with Gasteiger partial charge in [0, 0.05) is 0 Å². The van der Waals surface area contributed by atoms with Crippen molar-refractivity contribution in [2.45, 2.75) is 39.5 Å². The lowest BCUT2D eigenvalue weighted by molar-refractivity contribution is 0.318. The van der Waals surface area contributed by atoms with Crippen molar-refractivity contribution in [3.05, 3.63) is 18.2 Å². The molecule has 0 spiro atoms. The number of benzene rings is 1. The van der Waals surface area contributed by atoms with Crippen molar-refractivity contribution in [3.8, 4) is 5.75 Å². The first-order chi connectivity index (χ1) is 7.54. The normalized spacial score (nSPS) is 11.2. The van der Waals surface area contributed by atoms with E-state index in [1.165, 1.54) is 10.4 Å². The van der Waals surface area contributed by atoms with Gasteiger partial charge in [0.15, 0.2) is 0 Å². The summed E-state index contributed by atoms with van der Waals surface area (Å²) in [6, 6.07) is 6.86. The van der Waals surface area contributed by atoms with Gasteiger partial charge in [-0.2, -0.15) is 0 Å². The van der Waals surface area contributed by atoms with Crippen LogP contribution in [0, 0.1) is 0 Å². The molecule has 0 heterocycles. The highest BCUT2D eigenvalue weighted by atomic mass is 28.3. The molecule has 0 aliphatic rings. The molecule has 0 fully saturated rings. The summed E-state index contributed by atoms with van der Waals surface area (Å²) >= 11 is 0. The van der Waals surface area contributed by atoms with E-state index in [0.717, 1.165) is 18.8 Å². The fourth-order valence-electron chi connectivity index (χ4n) is 1.48. The van der Waals surface area contributed by atoms with E-state index in [2.05, 4.69) is 51.3 Å². The molecule has 2 radical (unpaired) electrons. The van der Waals surface area contributed by atoms with Crippen LogP contribution in [0.1, 0.15) is 13.3 Å². The summed E-state index contributed by atoms with van der Waals surface area (Å²) in [5.41, 5.74) is 0. The van der Waals surface area contributed by atoms with Gasteiger partial charge in [-0.15, -0.1) is 0 Å². The molecule has 1 rings (SSSR count). The fraction of sp³-hybridized carbons (Fsp3) is 0.538. The summed E-state index contributed by atoms with van der Waals surface area (Å²) in [5.74, 6) is 1.08. The quantitative estimate of drug-likeness (QED) is 0.729. The second kappa shape index (κ2) is 6.25. The Labute approximate surface area is 103 Å². The van der Waals surface area contributed by atoms with E-state index in [1.54, 1.807) is 0 Å². The molecule has 0 saturated carbocycles. The summed E-state index contributed by atoms with van der Waals surface area (Å²) < 4.78 is 5.77. The molecule has 16 heavy (non-hydrogen) atoms. The van der Waals surface area contributed by atoms with Crippen LogP contribution in [0.4, 0.5) is 0 Å². The zero-order valence-electron chi connectivity index (χ0n) is 11.1. The van der Waals surface area contributed by atoms with Gasteiger partial charge in [0.05, 0.1) is 24.2 Å². The van der Waals surface area contributed by atoms with Crippen molar-refractivity contribution in [2.24, 2.45) is 0 Å².